The van der Waals surface area contributed by atoms with Gasteiger partial charge in [-0.05, 0) is 123 Å². The summed E-state index contributed by atoms with van der Waals surface area (Å²) in [6, 6.07) is 13.9. The largest absolute Gasteiger partial charge is 0.251 e. The SMILES string of the molecule is CCCCC#CC(=Nc1ccc(CCCCC)c(CCCCC)c1)C(CCCC)=Nc1ccc(CCCCC)c(CCCCC)c1. The van der Waals surface area contributed by atoms with Crippen molar-refractivity contribution in [2.24, 2.45) is 9.98 Å². The molecule has 2 rings (SSSR count). The quantitative estimate of drug-likeness (QED) is 0.0630. The number of hydrogen-bond acceptors (Lipinski definition) is 2. The van der Waals surface area contributed by atoms with E-state index in [-0.39, 0.29) is 0 Å². The number of benzene rings is 2. The van der Waals surface area contributed by atoms with Gasteiger partial charge in [-0.15, -0.1) is 0 Å². The van der Waals surface area contributed by atoms with Gasteiger partial charge in [-0.3, -0.25) is 4.99 Å². The van der Waals surface area contributed by atoms with E-state index < -0.39 is 0 Å². The second-order valence-corrected chi connectivity index (χ2v) is 13.3. The molecule has 0 fully saturated rings. The molecule has 0 atom stereocenters. The lowest BCUT2D eigenvalue weighted by Gasteiger charge is -2.13. The highest BCUT2D eigenvalue weighted by atomic mass is 14.8. The Hall–Kier alpha value is -2.66. The van der Waals surface area contributed by atoms with Crippen molar-refractivity contribution in [3.63, 3.8) is 0 Å². The first-order valence-corrected chi connectivity index (χ1v) is 19.5. The van der Waals surface area contributed by atoms with Gasteiger partial charge in [0.25, 0.3) is 0 Å². The molecule has 0 spiro atoms. The summed E-state index contributed by atoms with van der Waals surface area (Å²) in [5.41, 5.74) is 9.99. The Bertz CT molecular complexity index is 1220. The lowest BCUT2D eigenvalue weighted by Crippen LogP contribution is -2.12. The minimum Gasteiger partial charge on any atom is -0.251 e. The predicted molar refractivity (Wildman–Crippen MR) is 207 cm³/mol. The van der Waals surface area contributed by atoms with Gasteiger partial charge in [-0.1, -0.05) is 124 Å². The summed E-state index contributed by atoms with van der Waals surface area (Å²) in [4.78, 5) is 10.6. The molecule has 0 heterocycles. The Morgan fingerprint density at radius 3 is 1.37 bits per heavy atom. The molecule has 0 saturated carbocycles. The number of aliphatic imine (C=N–C) groups is 2. The first kappa shape index (κ1) is 39.5. The predicted octanol–water partition coefficient (Wildman–Crippen LogP) is 13.8. The molecule has 0 aromatic heterocycles. The Labute approximate surface area is 285 Å². The van der Waals surface area contributed by atoms with Crippen molar-refractivity contribution < 1.29 is 0 Å². The maximum atomic E-state index is 5.35. The molecular formula is C44H68N2. The van der Waals surface area contributed by atoms with E-state index in [1.165, 1.54) is 112 Å². The smallest absolute Gasteiger partial charge is 0.135 e. The van der Waals surface area contributed by atoms with Crippen LogP contribution in [0.15, 0.2) is 46.4 Å². The van der Waals surface area contributed by atoms with Gasteiger partial charge in [0, 0.05) is 6.42 Å². The fourth-order valence-electron chi connectivity index (χ4n) is 6.01. The number of hydrogen-bond donors (Lipinski definition) is 0. The van der Waals surface area contributed by atoms with Crippen LogP contribution in [0, 0.1) is 11.8 Å². The molecule has 0 N–H and O–H groups in total. The van der Waals surface area contributed by atoms with Gasteiger partial charge in [0.15, 0.2) is 0 Å². The molecule has 0 amide bonds. The first-order chi connectivity index (χ1) is 22.6. The van der Waals surface area contributed by atoms with Crippen LogP contribution in [0.3, 0.4) is 0 Å². The highest BCUT2D eigenvalue weighted by Gasteiger charge is 2.12. The molecule has 0 aliphatic heterocycles. The van der Waals surface area contributed by atoms with E-state index in [1.54, 1.807) is 0 Å². The molecule has 2 nitrogen and oxygen atoms in total. The molecule has 254 valence electrons. The number of rotatable bonds is 24. The van der Waals surface area contributed by atoms with Crippen LogP contribution < -0.4 is 0 Å². The van der Waals surface area contributed by atoms with Crippen molar-refractivity contribution in [1.82, 2.24) is 0 Å². The molecule has 0 radical (unpaired) electrons. The van der Waals surface area contributed by atoms with Gasteiger partial charge in [0.1, 0.15) is 5.71 Å². The Kier molecular flexibility index (Phi) is 21.8. The lowest BCUT2D eigenvalue weighted by molar-refractivity contribution is 0.693. The zero-order valence-electron chi connectivity index (χ0n) is 30.9. The molecule has 0 unspecified atom stereocenters. The monoisotopic (exact) mass is 625 g/mol. The van der Waals surface area contributed by atoms with Crippen LogP contribution in [-0.2, 0) is 25.7 Å². The molecule has 2 heteroatoms. The van der Waals surface area contributed by atoms with Gasteiger partial charge >= 0.3 is 0 Å². The van der Waals surface area contributed by atoms with Gasteiger partial charge in [0.2, 0.25) is 0 Å². The fourth-order valence-corrected chi connectivity index (χ4v) is 6.01. The zero-order valence-corrected chi connectivity index (χ0v) is 30.9. The second-order valence-electron chi connectivity index (χ2n) is 13.3. The van der Waals surface area contributed by atoms with E-state index in [4.69, 9.17) is 9.98 Å². The normalized spacial score (nSPS) is 12.0. The summed E-state index contributed by atoms with van der Waals surface area (Å²) < 4.78 is 0. The van der Waals surface area contributed by atoms with E-state index >= 15 is 0 Å². The van der Waals surface area contributed by atoms with E-state index in [0.717, 1.165) is 74.2 Å². The third kappa shape index (κ3) is 15.8. The van der Waals surface area contributed by atoms with Crippen LogP contribution in [0.25, 0.3) is 0 Å². The van der Waals surface area contributed by atoms with Crippen LogP contribution in [0.1, 0.15) is 179 Å². The summed E-state index contributed by atoms with van der Waals surface area (Å²) in [5.74, 6) is 7.01. The van der Waals surface area contributed by atoms with Crippen LogP contribution in [0.5, 0.6) is 0 Å². The second kappa shape index (κ2) is 25.4. The minimum atomic E-state index is 0.863. The van der Waals surface area contributed by atoms with E-state index in [2.05, 4.69) is 89.8 Å². The van der Waals surface area contributed by atoms with Crippen molar-refractivity contribution in [2.45, 2.75) is 183 Å². The van der Waals surface area contributed by atoms with Crippen LogP contribution >= 0.6 is 0 Å². The molecule has 2 aromatic rings. The summed E-state index contributed by atoms with van der Waals surface area (Å²) in [6.07, 6.45) is 26.1. The van der Waals surface area contributed by atoms with E-state index in [9.17, 15) is 0 Å². The van der Waals surface area contributed by atoms with Gasteiger partial charge in [-0.25, -0.2) is 4.99 Å². The van der Waals surface area contributed by atoms with Crippen molar-refractivity contribution in [3.05, 3.63) is 58.7 Å². The maximum Gasteiger partial charge on any atom is 0.135 e. The van der Waals surface area contributed by atoms with Crippen LogP contribution in [0.2, 0.25) is 0 Å². The fraction of sp³-hybridized carbons (Fsp3) is 0.636. The maximum absolute atomic E-state index is 5.35. The standard InChI is InChI=1S/C44H68N2/c1-7-13-19-24-30-44(46-42-34-32-38(26-21-15-9-3)40(36-42)28-23-17-11-5)43(29-18-12-6)45-41-33-31-37(25-20-14-8-2)39(35-41)27-22-16-10-4/h31-36H,7-23,25-29H2,1-6H3. The molecule has 0 aliphatic carbocycles. The molecule has 46 heavy (non-hydrogen) atoms. The summed E-state index contributed by atoms with van der Waals surface area (Å²) >= 11 is 0. The average Bonchev–Trinajstić information content (AvgIpc) is 3.06. The van der Waals surface area contributed by atoms with Gasteiger partial charge < -0.3 is 0 Å². The van der Waals surface area contributed by atoms with E-state index in [0.29, 0.717) is 0 Å². The zero-order chi connectivity index (χ0) is 33.2. The lowest BCUT2D eigenvalue weighted by atomic mass is 9.96. The summed E-state index contributed by atoms with van der Waals surface area (Å²) in [7, 11) is 0. The van der Waals surface area contributed by atoms with Gasteiger partial charge in [0.05, 0.1) is 17.1 Å². The van der Waals surface area contributed by atoms with Crippen molar-refractivity contribution in [3.8, 4) is 11.8 Å². The Morgan fingerprint density at radius 1 is 0.478 bits per heavy atom. The molecule has 0 saturated heterocycles. The van der Waals surface area contributed by atoms with Crippen LogP contribution in [0.4, 0.5) is 11.4 Å². The van der Waals surface area contributed by atoms with Gasteiger partial charge in [-0.2, -0.15) is 0 Å². The Balaban J connectivity index is 2.59. The summed E-state index contributed by atoms with van der Waals surface area (Å²) in [6.45, 7) is 13.7. The Morgan fingerprint density at radius 2 is 0.913 bits per heavy atom. The highest BCUT2D eigenvalue weighted by Crippen LogP contribution is 2.26. The molecule has 2 aromatic carbocycles. The van der Waals surface area contributed by atoms with E-state index in [1.807, 2.05) is 0 Å². The molecule has 0 aliphatic rings. The minimum absolute atomic E-state index is 0.863. The molecule has 0 bridgehead atoms. The number of aryl methyl sites for hydroxylation is 4. The average molecular weight is 625 g/mol. The third-order valence-electron chi connectivity index (χ3n) is 8.99. The van der Waals surface area contributed by atoms with Crippen LogP contribution in [-0.4, -0.2) is 11.4 Å². The first-order valence-electron chi connectivity index (χ1n) is 19.5. The topological polar surface area (TPSA) is 24.7 Å². The third-order valence-corrected chi connectivity index (χ3v) is 8.99. The van der Waals surface area contributed by atoms with Crippen molar-refractivity contribution >= 4 is 22.8 Å². The summed E-state index contributed by atoms with van der Waals surface area (Å²) in [5, 5.41) is 0. The number of unbranched alkanes of at least 4 members (excludes halogenated alkanes) is 11. The number of nitrogens with zero attached hydrogens (tertiary/aromatic N) is 2. The molecular weight excluding hydrogens is 556 g/mol. The van der Waals surface area contributed by atoms with Crippen molar-refractivity contribution in [1.29, 1.82) is 0 Å². The van der Waals surface area contributed by atoms with Crippen molar-refractivity contribution in [2.75, 3.05) is 0 Å². The highest BCUT2D eigenvalue weighted by molar-refractivity contribution is 6.49.